The number of quaternary nitrogens is 1. The topological polar surface area (TPSA) is 29.5 Å². The second-order valence-electron chi connectivity index (χ2n) is 9.67. The number of carbonyl (C=O) groups excluding carboxylic acids is 1. The van der Waals surface area contributed by atoms with E-state index in [2.05, 4.69) is 42.3 Å². The van der Waals surface area contributed by atoms with Gasteiger partial charge in [0.25, 0.3) is 0 Å². The van der Waals surface area contributed by atoms with Gasteiger partial charge in [0.2, 0.25) is 5.91 Å². The van der Waals surface area contributed by atoms with Crippen molar-refractivity contribution in [3.05, 3.63) is 41.5 Å². The Labute approximate surface area is 154 Å². The van der Waals surface area contributed by atoms with Crippen molar-refractivity contribution in [2.24, 2.45) is 11.8 Å². The van der Waals surface area contributed by atoms with Gasteiger partial charge < -0.3 is 14.1 Å². The molecule has 3 saturated heterocycles. The van der Waals surface area contributed by atoms with Crippen LogP contribution >= 0.6 is 0 Å². The lowest BCUT2D eigenvalue weighted by molar-refractivity contribution is -0.925. The number of hydrogen-bond donors (Lipinski definition) is 0. The van der Waals surface area contributed by atoms with Gasteiger partial charge in [-0.25, -0.2) is 0 Å². The van der Waals surface area contributed by atoms with Gasteiger partial charge in [0, 0.05) is 24.4 Å². The molecule has 7 rings (SSSR count). The molecule has 3 unspecified atom stereocenters. The van der Waals surface area contributed by atoms with Crippen molar-refractivity contribution in [2.45, 2.75) is 42.9 Å². The van der Waals surface area contributed by atoms with E-state index in [1.165, 1.54) is 37.2 Å². The van der Waals surface area contributed by atoms with Crippen LogP contribution in [0.2, 0.25) is 0 Å². The summed E-state index contributed by atoms with van der Waals surface area (Å²) in [6, 6.07) is 9.76. The Kier molecular flexibility index (Phi) is 2.36. The molecule has 4 nitrogen and oxygen atoms in total. The lowest BCUT2D eigenvalue weighted by Gasteiger charge is -2.59. The fourth-order valence-electron chi connectivity index (χ4n) is 8.14. The molecule has 4 fully saturated rings. The second kappa shape index (κ2) is 4.26. The molecule has 4 heteroatoms. The highest BCUT2D eigenvalue weighted by molar-refractivity contribution is 5.99. The zero-order valence-electron chi connectivity index (χ0n) is 15.2. The van der Waals surface area contributed by atoms with E-state index in [9.17, 15) is 4.79 Å². The van der Waals surface area contributed by atoms with Crippen molar-refractivity contribution < 1.29 is 14.0 Å². The molecule has 5 heterocycles. The van der Waals surface area contributed by atoms with E-state index < -0.39 is 0 Å². The number of piperidine rings is 2. The van der Waals surface area contributed by atoms with E-state index in [0.717, 1.165) is 4.48 Å². The van der Waals surface area contributed by atoms with Crippen LogP contribution < -0.4 is 4.90 Å². The highest BCUT2D eigenvalue weighted by atomic mass is 16.5. The summed E-state index contributed by atoms with van der Waals surface area (Å²) in [4.78, 5) is 15.5. The van der Waals surface area contributed by atoms with Crippen LogP contribution in [-0.4, -0.2) is 55.3 Å². The number of anilines is 1. The summed E-state index contributed by atoms with van der Waals surface area (Å²) in [5.74, 6) is 1.36. The first-order chi connectivity index (χ1) is 12.6. The van der Waals surface area contributed by atoms with Crippen molar-refractivity contribution >= 4 is 11.6 Å². The molecule has 7 atom stereocenters. The van der Waals surface area contributed by atoms with Gasteiger partial charge in [-0.2, -0.15) is 0 Å². The van der Waals surface area contributed by atoms with E-state index in [1.54, 1.807) is 5.57 Å². The minimum atomic E-state index is 0.104. The summed E-state index contributed by atoms with van der Waals surface area (Å²) >= 11 is 0. The first kappa shape index (κ1) is 14.4. The molecule has 0 radical (unpaired) electrons. The Morgan fingerprint density at radius 2 is 2.19 bits per heavy atom. The minimum Gasteiger partial charge on any atom is -0.373 e. The van der Waals surface area contributed by atoms with E-state index in [-0.39, 0.29) is 17.4 Å². The quantitative estimate of drug-likeness (QED) is 0.531. The molecule has 1 aromatic carbocycles. The van der Waals surface area contributed by atoms with Crippen molar-refractivity contribution in [3.63, 3.8) is 0 Å². The average Bonchev–Trinajstić information content (AvgIpc) is 3.05. The largest absolute Gasteiger partial charge is 0.373 e. The molecule has 0 N–H and O–H groups in total. The summed E-state index contributed by atoms with van der Waals surface area (Å²) < 4.78 is 7.45. The maximum absolute atomic E-state index is 13.3. The van der Waals surface area contributed by atoms with Gasteiger partial charge in [0.1, 0.15) is 12.6 Å². The lowest BCUT2D eigenvalue weighted by atomic mass is 9.53. The highest BCUT2D eigenvalue weighted by Crippen LogP contribution is 2.67. The SMILES string of the molecule is C[N+]12CC[C@@]34c5ccccc5N5C(=O)CC6OCC=C(C1)[C@H](C[C@@H]32)[C@@H]6C54. The number of para-hydroxylation sites is 1. The fraction of sp³-hybridized carbons (Fsp3) is 0.591. The Morgan fingerprint density at radius 1 is 1.31 bits per heavy atom. The van der Waals surface area contributed by atoms with Gasteiger partial charge in [-0.3, -0.25) is 4.79 Å². The Hall–Kier alpha value is -1.65. The Balaban J connectivity index is 1.56. The van der Waals surface area contributed by atoms with Crippen LogP contribution in [0.25, 0.3) is 0 Å². The second-order valence-corrected chi connectivity index (χ2v) is 9.67. The molecule has 1 aromatic rings. The number of hydrogen-bond acceptors (Lipinski definition) is 2. The normalized spacial score (nSPS) is 49.6. The predicted octanol–water partition coefficient (Wildman–Crippen LogP) is 2.24. The first-order valence-corrected chi connectivity index (χ1v) is 10.2. The Bertz CT molecular complexity index is 894. The van der Waals surface area contributed by atoms with Crippen molar-refractivity contribution in [3.8, 4) is 0 Å². The third-order valence-corrected chi connectivity index (χ3v) is 8.91. The summed E-state index contributed by atoms with van der Waals surface area (Å²) in [5, 5.41) is 0. The summed E-state index contributed by atoms with van der Waals surface area (Å²) in [7, 11) is 2.47. The molecule has 5 aliphatic heterocycles. The molecule has 1 amide bonds. The number of likely N-dealkylation sites (N-methyl/N-ethyl adjacent to an activating group) is 1. The van der Waals surface area contributed by atoms with Crippen molar-refractivity contribution in [1.29, 1.82) is 0 Å². The monoisotopic (exact) mass is 349 g/mol. The van der Waals surface area contributed by atoms with Gasteiger partial charge in [-0.05, 0) is 23.1 Å². The maximum Gasteiger partial charge on any atom is 0.229 e. The van der Waals surface area contributed by atoms with Gasteiger partial charge in [-0.15, -0.1) is 0 Å². The maximum atomic E-state index is 13.3. The number of ether oxygens (including phenoxy) is 1. The molecule has 1 aliphatic carbocycles. The van der Waals surface area contributed by atoms with Crippen LogP contribution in [0.1, 0.15) is 24.8 Å². The summed E-state index contributed by atoms with van der Waals surface area (Å²) in [6.07, 6.45) is 5.51. The van der Waals surface area contributed by atoms with Crippen molar-refractivity contribution in [1.82, 2.24) is 0 Å². The number of amides is 1. The number of benzene rings is 1. The minimum absolute atomic E-state index is 0.104. The van der Waals surface area contributed by atoms with Crippen LogP contribution in [0.15, 0.2) is 35.9 Å². The zero-order chi connectivity index (χ0) is 17.3. The number of fused-ring (bicyclic) bond motifs is 2. The van der Waals surface area contributed by atoms with E-state index in [0.29, 0.717) is 36.9 Å². The summed E-state index contributed by atoms with van der Waals surface area (Å²) in [5.41, 5.74) is 4.43. The number of rotatable bonds is 0. The summed E-state index contributed by atoms with van der Waals surface area (Å²) in [6.45, 7) is 3.12. The molecule has 0 aromatic heterocycles. The van der Waals surface area contributed by atoms with Gasteiger partial charge >= 0.3 is 0 Å². The highest BCUT2D eigenvalue weighted by Gasteiger charge is 2.75. The van der Waals surface area contributed by atoms with Crippen LogP contribution in [-0.2, 0) is 14.9 Å². The van der Waals surface area contributed by atoms with Crippen LogP contribution in [0.4, 0.5) is 5.69 Å². The van der Waals surface area contributed by atoms with Gasteiger partial charge in [0.15, 0.2) is 0 Å². The van der Waals surface area contributed by atoms with Crippen molar-refractivity contribution in [2.75, 3.05) is 31.6 Å². The zero-order valence-corrected chi connectivity index (χ0v) is 15.2. The van der Waals surface area contributed by atoms with Gasteiger partial charge in [0.05, 0.1) is 44.2 Å². The fourth-order valence-corrected chi connectivity index (χ4v) is 8.14. The van der Waals surface area contributed by atoms with Crippen LogP contribution in [0.5, 0.6) is 0 Å². The predicted molar refractivity (Wildman–Crippen MR) is 97.8 cm³/mol. The van der Waals surface area contributed by atoms with Gasteiger partial charge in [-0.1, -0.05) is 24.3 Å². The number of nitrogens with zero attached hydrogens (tertiary/aromatic N) is 2. The van der Waals surface area contributed by atoms with E-state index in [4.69, 9.17) is 4.74 Å². The standard InChI is InChI=1S/C22H25N2O2/c1-24-8-7-22-15-4-2-3-5-16(15)23-19(25)11-17-20(21(22)23)14(10-18(22)24)13(12-24)6-9-26-17/h2-6,14,17-18,20-21H,7-12H2,1H3/q+1/t14-,17?,18-,20-,21?,22+,24?/m0/s1. The molecular formula is C22H25N2O2+. The molecular weight excluding hydrogens is 324 g/mol. The third kappa shape index (κ3) is 1.34. The molecule has 1 spiro atoms. The molecule has 26 heavy (non-hydrogen) atoms. The first-order valence-electron chi connectivity index (χ1n) is 10.2. The number of carbonyl (C=O) groups is 1. The van der Waals surface area contributed by atoms with Crippen LogP contribution in [0.3, 0.4) is 0 Å². The van der Waals surface area contributed by atoms with Crippen LogP contribution in [0, 0.1) is 11.8 Å². The average molecular weight is 349 g/mol. The van der Waals surface area contributed by atoms with E-state index in [1.807, 2.05) is 0 Å². The molecule has 6 aliphatic rings. The third-order valence-electron chi connectivity index (χ3n) is 8.91. The lowest BCUT2D eigenvalue weighted by Crippen LogP contribution is -2.72. The Morgan fingerprint density at radius 3 is 3.12 bits per heavy atom. The molecule has 2 bridgehead atoms. The molecule has 134 valence electrons. The smallest absolute Gasteiger partial charge is 0.229 e. The van der Waals surface area contributed by atoms with E-state index >= 15 is 0 Å². The molecule has 1 saturated carbocycles.